The van der Waals surface area contributed by atoms with Crippen molar-refractivity contribution in [2.24, 2.45) is 0 Å². The minimum atomic E-state index is 0.288. The summed E-state index contributed by atoms with van der Waals surface area (Å²) in [6.07, 6.45) is 1.81. The third-order valence-electron chi connectivity index (χ3n) is 1.75. The predicted molar refractivity (Wildman–Crippen MR) is 44.7 cm³/mol. The van der Waals surface area contributed by atoms with Crippen LogP contribution < -0.4 is 0 Å². The summed E-state index contributed by atoms with van der Waals surface area (Å²) < 4.78 is 0. The van der Waals surface area contributed by atoms with Crippen molar-refractivity contribution in [1.82, 2.24) is 4.98 Å². The van der Waals surface area contributed by atoms with Gasteiger partial charge in [-0.05, 0) is 24.5 Å². The fraction of sp³-hybridized carbons (Fsp3) is 0.444. The fourth-order valence-electron chi connectivity index (χ4n) is 0.853. The SMILES string of the molecule is Cc1ncc(C(C)C)cc1O. The first-order valence-electron chi connectivity index (χ1n) is 3.76. The molecule has 0 aliphatic carbocycles. The second-order valence-corrected chi connectivity index (χ2v) is 3.03. The topological polar surface area (TPSA) is 33.1 Å². The zero-order valence-electron chi connectivity index (χ0n) is 7.13. The third kappa shape index (κ3) is 1.70. The first-order chi connectivity index (χ1) is 5.11. The molecule has 0 spiro atoms. The van der Waals surface area contributed by atoms with Crippen LogP contribution in [0.1, 0.15) is 31.0 Å². The molecule has 0 fully saturated rings. The zero-order valence-corrected chi connectivity index (χ0v) is 7.13. The van der Waals surface area contributed by atoms with Gasteiger partial charge in [0, 0.05) is 6.20 Å². The van der Waals surface area contributed by atoms with Crippen molar-refractivity contribution in [3.8, 4) is 5.75 Å². The Morgan fingerprint density at radius 1 is 1.45 bits per heavy atom. The molecule has 1 aromatic rings. The molecule has 60 valence electrons. The quantitative estimate of drug-likeness (QED) is 0.667. The zero-order chi connectivity index (χ0) is 8.43. The smallest absolute Gasteiger partial charge is 0.137 e. The molecule has 0 aliphatic rings. The van der Waals surface area contributed by atoms with Crippen LogP contribution in [0, 0.1) is 6.92 Å². The average molecular weight is 151 g/mol. The van der Waals surface area contributed by atoms with Gasteiger partial charge in [-0.25, -0.2) is 0 Å². The second-order valence-electron chi connectivity index (χ2n) is 3.03. The van der Waals surface area contributed by atoms with Crippen LogP contribution in [-0.2, 0) is 0 Å². The van der Waals surface area contributed by atoms with Gasteiger partial charge >= 0.3 is 0 Å². The molecule has 1 N–H and O–H groups in total. The molecule has 0 aliphatic heterocycles. The summed E-state index contributed by atoms with van der Waals surface area (Å²) in [6.45, 7) is 5.94. The van der Waals surface area contributed by atoms with Crippen molar-refractivity contribution >= 4 is 0 Å². The van der Waals surface area contributed by atoms with Gasteiger partial charge in [0.05, 0.1) is 5.69 Å². The predicted octanol–water partition coefficient (Wildman–Crippen LogP) is 2.22. The van der Waals surface area contributed by atoms with Crippen molar-refractivity contribution in [3.63, 3.8) is 0 Å². The van der Waals surface area contributed by atoms with Crippen molar-refractivity contribution in [1.29, 1.82) is 0 Å². The van der Waals surface area contributed by atoms with Gasteiger partial charge < -0.3 is 5.11 Å². The number of aromatic nitrogens is 1. The third-order valence-corrected chi connectivity index (χ3v) is 1.75. The van der Waals surface area contributed by atoms with Gasteiger partial charge in [0.15, 0.2) is 0 Å². The Morgan fingerprint density at radius 2 is 2.09 bits per heavy atom. The number of pyridine rings is 1. The molecule has 1 rings (SSSR count). The van der Waals surface area contributed by atoms with E-state index in [9.17, 15) is 5.11 Å². The minimum Gasteiger partial charge on any atom is -0.506 e. The van der Waals surface area contributed by atoms with E-state index in [1.807, 2.05) is 0 Å². The molecular weight excluding hydrogens is 138 g/mol. The molecule has 0 amide bonds. The van der Waals surface area contributed by atoms with E-state index in [-0.39, 0.29) is 5.75 Å². The molecule has 1 heterocycles. The van der Waals surface area contributed by atoms with Crippen LogP contribution in [-0.4, -0.2) is 10.1 Å². The van der Waals surface area contributed by atoms with Crippen LogP contribution >= 0.6 is 0 Å². The van der Waals surface area contributed by atoms with Crippen LogP contribution in [0.2, 0.25) is 0 Å². The lowest BCUT2D eigenvalue weighted by atomic mass is 10.1. The maximum atomic E-state index is 9.29. The molecule has 0 unspecified atom stereocenters. The van der Waals surface area contributed by atoms with E-state index in [1.54, 1.807) is 19.2 Å². The summed E-state index contributed by atoms with van der Waals surface area (Å²) in [5, 5.41) is 9.29. The van der Waals surface area contributed by atoms with Gasteiger partial charge in [0.1, 0.15) is 5.75 Å². The molecule has 1 aromatic heterocycles. The Hall–Kier alpha value is -1.05. The molecule has 0 saturated heterocycles. The lowest BCUT2D eigenvalue weighted by Gasteiger charge is -2.05. The molecule has 11 heavy (non-hydrogen) atoms. The first kappa shape index (κ1) is 8.05. The van der Waals surface area contributed by atoms with Crippen LogP contribution in [0.15, 0.2) is 12.3 Å². The van der Waals surface area contributed by atoms with Crippen molar-refractivity contribution < 1.29 is 5.11 Å². The van der Waals surface area contributed by atoms with E-state index >= 15 is 0 Å². The Balaban J connectivity index is 3.05. The lowest BCUT2D eigenvalue weighted by molar-refractivity contribution is 0.466. The van der Waals surface area contributed by atoms with Gasteiger partial charge in [-0.2, -0.15) is 0 Å². The highest BCUT2D eigenvalue weighted by molar-refractivity contribution is 5.30. The van der Waals surface area contributed by atoms with Crippen LogP contribution in [0.25, 0.3) is 0 Å². The molecule has 2 nitrogen and oxygen atoms in total. The largest absolute Gasteiger partial charge is 0.506 e. The average Bonchev–Trinajstić information content (AvgIpc) is 1.94. The summed E-state index contributed by atoms with van der Waals surface area (Å²) in [7, 11) is 0. The normalized spacial score (nSPS) is 10.5. The van der Waals surface area contributed by atoms with E-state index in [0.717, 1.165) is 5.56 Å². The number of hydrogen-bond donors (Lipinski definition) is 1. The minimum absolute atomic E-state index is 0.288. The summed E-state index contributed by atoms with van der Waals surface area (Å²) in [6, 6.07) is 1.77. The number of nitrogens with zero attached hydrogens (tertiary/aromatic N) is 1. The molecule has 0 saturated carbocycles. The van der Waals surface area contributed by atoms with Crippen LogP contribution in [0.3, 0.4) is 0 Å². The van der Waals surface area contributed by atoms with Gasteiger partial charge in [0.2, 0.25) is 0 Å². The molecule has 2 heteroatoms. The Morgan fingerprint density at radius 3 is 2.55 bits per heavy atom. The van der Waals surface area contributed by atoms with E-state index in [2.05, 4.69) is 18.8 Å². The summed E-state index contributed by atoms with van der Waals surface area (Å²) in [5.41, 5.74) is 1.77. The van der Waals surface area contributed by atoms with Crippen molar-refractivity contribution in [3.05, 3.63) is 23.5 Å². The maximum absolute atomic E-state index is 9.29. The van der Waals surface area contributed by atoms with E-state index in [4.69, 9.17) is 0 Å². The molecular formula is C9H13NO. The number of hydrogen-bond acceptors (Lipinski definition) is 2. The summed E-state index contributed by atoms with van der Waals surface area (Å²) in [5.74, 6) is 0.713. The van der Waals surface area contributed by atoms with Crippen molar-refractivity contribution in [2.75, 3.05) is 0 Å². The standard InChI is InChI=1S/C9H13NO/c1-6(2)8-4-9(11)7(3)10-5-8/h4-6,11H,1-3H3. The Kier molecular flexibility index (Phi) is 2.13. The van der Waals surface area contributed by atoms with Gasteiger partial charge in [-0.15, -0.1) is 0 Å². The first-order valence-corrected chi connectivity index (χ1v) is 3.76. The van der Waals surface area contributed by atoms with Gasteiger partial charge in [-0.1, -0.05) is 13.8 Å². The number of aryl methyl sites for hydroxylation is 1. The molecule has 0 aromatic carbocycles. The number of rotatable bonds is 1. The molecule has 0 bridgehead atoms. The lowest BCUT2D eigenvalue weighted by Crippen LogP contribution is -1.90. The summed E-state index contributed by atoms with van der Waals surface area (Å²) in [4.78, 5) is 4.05. The summed E-state index contributed by atoms with van der Waals surface area (Å²) >= 11 is 0. The van der Waals surface area contributed by atoms with E-state index in [1.165, 1.54) is 0 Å². The van der Waals surface area contributed by atoms with Crippen molar-refractivity contribution in [2.45, 2.75) is 26.7 Å². The maximum Gasteiger partial charge on any atom is 0.137 e. The Bertz CT molecular complexity index is 256. The highest BCUT2D eigenvalue weighted by Crippen LogP contribution is 2.20. The highest BCUT2D eigenvalue weighted by atomic mass is 16.3. The van der Waals surface area contributed by atoms with Crippen LogP contribution in [0.5, 0.6) is 5.75 Å². The number of aromatic hydroxyl groups is 1. The molecule has 0 atom stereocenters. The van der Waals surface area contributed by atoms with Gasteiger partial charge in [-0.3, -0.25) is 4.98 Å². The monoisotopic (exact) mass is 151 g/mol. The highest BCUT2D eigenvalue weighted by Gasteiger charge is 2.02. The second kappa shape index (κ2) is 2.91. The van der Waals surface area contributed by atoms with E-state index in [0.29, 0.717) is 11.6 Å². The van der Waals surface area contributed by atoms with Crippen LogP contribution in [0.4, 0.5) is 0 Å². The fourth-order valence-corrected chi connectivity index (χ4v) is 0.853. The van der Waals surface area contributed by atoms with E-state index < -0.39 is 0 Å². The van der Waals surface area contributed by atoms with Gasteiger partial charge in [0.25, 0.3) is 0 Å². The Labute approximate surface area is 66.9 Å². The molecule has 0 radical (unpaired) electrons.